The number of H-pyrrole nitrogens is 1. The van der Waals surface area contributed by atoms with Crippen LogP contribution < -0.4 is 5.32 Å². The van der Waals surface area contributed by atoms with Crippen LogP contribution in [0, 0.1) is 0 Å². The molecule has 2 heterocycles. The molecule has 0 bridgehead atoms. The predicted molar refractivity (Wildman–Crippen MR) is 43.6 cm³/mol. The second-order valence-electron chi connectivity index (χ2n) is 3.05. The first-order valence-corrected chi connectivity index (χ1v) is 4.13. The fraction of sp³-hybridized carbons (Fsp3) is 0.571. The third-order valence-electron chi connectivity index (χ3n) is 2.22. The van der Waals surface area contributed by atoms with Crippen molar-refractivity contribution in [2.45, 2.75) is 12.3 Å². The second kappa shape index (κ2) is 3.14. The molecule has 1 fully saturated rings. The van der Waals surface area contributed by atoms with Crippen LogP contribution in [0.15, 0.2) is 0 Å². The summed E-state index contributed by atoms with van der Waals surface area (Å²) in [6.07, 6.45) is 0.923. The van der Waals surface area contributed by atoms with E-state index in [1.807, 2.05) is 0 Å². The average molecular weight is 182 g/mol. The number of carboxylic acid groups (broad SMARTS) is 1. The summed E-state index contributed by atoms with van der Waals surface area (Å²) in [5.74, 6) is -0.833. The van der Waals surface area contributed by atoms with Crippen molar-refractivity contribution in [2.24, 2.45) is 0 Å². The van der Waals surface area contributed by atoms with Crippen LogP contribution in [-0.4, -0.2) is 39.6 Å². The number of hydrogen-bond acceptors (Lipinski definition) is 4. The number of carboxylic acids is 1. The normalized spacial score (nSPS) is 22.0. The number of nitrogens with zero attached hydrogens (tertiary/aromatic N) is 2. The number of nitrogens with one attached hydrogen (secondary N) is 2. The van der Waals surface area contributed by atoms with Gasteiger partial charge in [0.2, 0.25) is 0 Å². The van der Waals surface area contributed by atoms with Gasteiger partial charge in [0.1, 0.15) is 5.69 Å². The molecule has 1 atom stereocenters. The molecule has 0 spiro atoms. The van der Waals surface area contributed by atoms with Crippen LogP contribution in [0.1, 0.15) is 28.5 Å². The summed E-state index contributed by atoms with van der Waals surface area (Å²) in [6.45, 7) is 1.70. The molecule has 0 aromatic carbocycles. The molecule has 6 heteroatoms. The highest BCUT2D eigenvalue weighted by molar-refractivity contribution is 5.86. The molecule has 70 valence electrons. The van der Waals surface area contributed by atoms with Crippen molar-refractivity contribution in [1.82, 2.24) is 20.7 Å². The lowest BCUT2D eigenvalue weighted by atomic mass is 10.0. The van der Waals surface area contributed by atoms with E-state index >= 15 is 0 Å². The van der Waals surface area contributed by atoms with Gasteiger partial charge in [-0.1, -0.05) is 0 Å². The Morgan fingerprint density at radius 2 is 2.38 bits per heavy atom. The monoisotopic (exact) mass is 182 g/mol. The largest absolute Gasteiger partial charge is 0.476 e. The third kappa shape index (κ3) is 1.40. The lowest BCUT2D eigenvalue weighted by Crippen LogP contribution is -2.11. The molecule has 13 heavy (non-hydrogen) atoms. The van der Waals surface area contributed by atoms with E-state index in [1.165, 1.54) is 0 Å². The van der Waals surface area contributed by atoms with Crippen molar-refractivity contribution in [1.29, 1.82) is 0 Å². The van der Waals surface area contributed by atoms with Gasteiger partial charge in [0.15, 0.2) is 5.69 Å². The first-order chi connectivity index (χ1) is 6.29. The molecule has 1 unspecified atom stereocenters. The number of carbonyl (C=O) groups is 1. The van der Waals surface area contributed by atoms with Gasteiger partial charge in [-0.3, -0.25) is 0 Å². The maximum absolute atomic E-state index is 10.7. The minimum Gasteiger partial charge on any atom is -0.476 e. The van der Waals surface area contributed by atoms with E-state index in [1.54, 1.807) is 0 Å². The molecule has 1 aromatic rings. The lowest BCUT2D eigenvalue weighted by molar-refractivity contribution is 0.0688. The molecular formula is C7H10N4O2. The van der Waals surface area contributed by atoms with E-state index < -0.39 is 5.97 Å². The molecule has 6 nitrogen and oxygen atoms in total. The molecule has 0 amide bonds. The number of aromatic amines is 1. The Morgan fingerprint density at radius 3 is 3.00 bits per heavy atom. The summed E-state index contributed by atoms with van der Waals surface area (Å²) in [7, 11) is 0. The molecule has 1 aromatic heterocycles. The highest BCUT2D eigenvalue weighted by Gasteiger charge is 2.25. The molecule has 0 radical (unpaired) electrons. The fourth-order valence-corrected chi connectivity index (χ4v) is 1.57. The van der Waals surface area contributed by atoms with Crippen LogP contribution in [0.4, 0.5) is 0 Å². The summed E-state index contributed by atoms with van der Waals surface area (Å²) in [4.78, 5) is 10.7. The quantitative estimate of drug-likeness (QED) is 0.577. The highest BCUT2D eigenvalue weighted by atomic mass is 16.4. The van der Waals surface area contributed by atoms with Gasteiger partial charge in [0.05, 0.1) is 0 Å². The van der Waals surface area contributed by atoms with Crippen molar-refractivity contribution >= 4 is 5.97 Å². The zero-order valence-electron chi connectivity index (χ0n) is 6.95. The van der Waals surface area contributed by atoms with Crippen LogP contribution in [0.25, 0.3) is 0 Å². The van der Waals surface area contributed by atoms with Gasteiger partial charge in [-0.05, 0) is 13.0 Å². The summed E-state index contributed by atoms with van der Waals surface area (Å²) in [6, 6.07) is 0. The Labute approximate surface area is 74.3 Å². The molecule has 1 saturated heterocycles. The minimum absolute atomic E-state index is 0.0497. The Kier molecular flexibility index (Phi) is 1.97. The van der Waals surface area contributed by atoms with Crippen molar-refractivity contribution < 1.29 is 9.90 Å². The van der Waals surface area contributed by atoms with Gasteiger partial charge in [-0.2, -0.15) is 10.3 Å². The Bertz CT molecular complexity index is 316. The van der Waals surface area contributed by atoms with Crippen LogP contribution in [0.2, 0.25) is 0 Å². The van der Waals surface area contributed by atoms with Gasteiger partial charge in [0, 0.05) is 12.5 Å². The van der Waals surface area contributed by atoms with E-state index in [0.717, 1.165) is 19.5 Å². The maximum Gasteiger partial charge on any atom is 0.358 e. The van der Waals surface area contributed by atoms with Gasteiger partial charge >= 0.3 is 5.97 Å². The van der Waals surface area contributed by atoms with Crippen LogP contribution >= 0.6 is 0 Å². The van der Waals surface area contributed by atoms with Crippen molar-refractivity contribution in [3.05, 3.63) is 11.4 Å². The van der Waals surface area contributed by atoms with Crippen molar-refractivity contribution in [2.75, 3.05) is 13.1 Å². The van der Waals surface area contributed by atoms with Gasteiger partial charge in [-0.15, -0.1) is 5.10 Å². The van der Waals surface area contributed by atoms with Crippen LogP contribution in [0.3, 0.4) is 0 Å². The van der Waals surface area contributed by atoms with E-state index in [9.17, 15) is 4.79 Å². The van der Waals surface area contributed by atoms with E-state index in [4.69, 9.17) is 5.11 Å². The highest BCUT2D eigenvalue weighted by Crippen LogP contribution is 2.21. The zero-order chi connectivity index (χ0) is 9.26. The summed E-state index contributed by atoms with van der Waals surface area (Å²) < 4.78 is 0. The minimum atomic E-state index is -1.02. The van der Waals surface area contributed by atoms with E-state index in [0.29, 0.717) is 5.69 Å². The molecule has 3 N–H and O–H groups in total. The zero-order valence-corrected chi connectivity index (χ0v) is 6.95. The summed E-state index contributed by atoms with van der Waals surface area (Å²) in [5.41, 5.74) is 0.617. The number of aromatic carboxylic acids is 1. The van der Waals surface area contributed by atoms with Crippen molar-refractivity contribution in [3.63, 3.8) is 0 Å². The topological polar surface area (TPSA) is 90.9 Å². The second-order valence-corrected chi connectivity index (χ2v) is 3.05. The summed E-state index contributed by atoms with van der Waals surface area (Å²) >= 11 is 0. The molecule has 1 aliphatic rings. The number of aromatic nitrogens is 3. The Balaban J connectivity index is 2.28. The Morgan fingerprint density at radius 1 is 1.54 bits per heavy atom. The number of hydrogen-bond donors (Lipinski definition) is 3. The lowest BCUT2D eigenvalue weighted by Gasteiger charge is -2.02. The molecule has 2 rings (SSSR count). The standard InChI is InChI=1S/C7H10N4O2/c12-7(13)6-5(9-11-10-6)4-1-2-8-3-4/h4,8H,1-3H2,(H,12,13)(H,9,10,11). The Hall–Kier alpha value is -1.43. The number of rotatable bonds is 2. The molecule has 0 aliphatic carbocycles. The summed E-state index contributed by atoms with van der Waals surface area (Å²) in [5, 5.41) is 21.7. The predicted octanol–water partition coefficient (Wildman–Crippen LogP) is -0.420. The average Bonchev–Trinajstić information content (AvgIpc) is 2.74. The van der Waals surface area contributed by atoms with Gasteiger partial charge in [0.25, 0.3) is 0 Å². The van der Waals surface area contributed by atoms with E-state index in [-0.39, 0.29) is 11.6 Å². The third-order valence-corrected chi connectivity index (χ3v) is 2.22. The fourth-order valence-electron chi connectivity index (χ4n) is 1.57. The van der Waals surface area contributed by atoms with Crippen LogP contribution in [0.5, 0.6) is 0 Å². The van der Waals surface area contributed by atoms with Gasteiger partial charge < -0.3 is 10.4 Å². The molecular weight excluding hydrogens is 172 g/mol. The maximum atomic E-state index is 10.7. The molecule has 0 saturated carbocycles. The first-order valence-electron chi connectivity index (χ1n) is 4.13. The molecule has 1 aliphatic heterocycles. The smallest absolute Gasteiger partial charge is 0.358 e. The SMILES string of the molecule is O=C(O)c1n[nH]nc1C1CCNC1. The first kappa shape index (κ1) is 8.18. The van der Waals surface area contributed by atoms with Crippen molar-refractivity contribution in [3.8, 4) is 0 Å². The van der Waals surface area contributed by atoms with Gasteiger partial charge in [-0.25, -0.2) is 4.79 Å². The van der Waals surface area contributed by atoms with E-state index in [2.05, 4.69) is 20.7 Å². The van der Waals surface area contributed by atoms with Crippen LogP contribution in [-0.2, 0) is 0 Å².